The van der Waals surface area contributed by atoms with Crippen LogP contribution in [0.25, 0.3) is 10.8 Å². The molecule has 2 aromatic rings. The topological polar surface area (TPSA) is 43.4 Å². The van der Waals surface area contributed by atoms with Gasteiger partial charge in [0.1, 0.15) is 6.10 Å². The zero-order valence-corrected chi connectivity index (χ0v) is 10.8. The average molecular weight is 254 g/mol. The standard InChI is InChI=1S/C16H14O3/c1-16(2)13(17)15(18)19-14(16)12-9-5-7-10-6-3-4-8-11(10)12/h3-9,14H,1-2H3/t14-/m0/s1. The largest absolute Gasteiger partial charge is 0.451 e. The van der Waals surface area contributed by atoms with Gasteiger partial charge in [-0.3, -0.25) is 4.79 Å². The summed E-state index contributed by atoms with van der Waals surface area (Å²) in [5, 5.41) is 2.09. The van der Waals surface area contributed by atoms with Gasteiger partial charge in [0.25, 0.3) is 0 Å². The molecule has 0 aliphatic carbocycles. The fourth-order valence-electron chi connectivity index (χ4n) is 2.62. The Labute approximate surface area is 111 Å². The number of hydrogen-bond acceptors (Lipinski definition) is 3. The molecule has 0 N–H and O–H groups in total. The number of benzene rings is 2. The van der Waals surface area contributed by atoms with Crippen molar-refractivity contribution in [3.8, 4) is 0 Å². The summed E-state index contributed by atoms with van der Waals surface area (Å²) in [4.78, 5) is 23.4. The van der Waals surface area contributed by atoms with Gasteiger partial charge < -0.3 is 4.74 Å². The van der Waals surface area contributed by atoms with Gasteiger partial charge in [0.15, 0.2) is 0 Å². The van der Waals surface area contributed by atoms with E-state index in [0.717, 1.165) is 16.3 Å². The van der Waals surface area contributed by atoms with E-state index in [1.165, 1.54) is 0 Å². The molecule has 3 heteroatoms. The van der Waals surface area contributed by atoms with Crippen molar-refractivity contribution >= 4 is 22.5 Å². The minimum atomic E-state index is -0.818. The molecule has 3 rings (SSSR count). The van der Waals surface area contributed by atoms with Gasteiger partial charge in [-0.25, -0.2) is 4.79 Å². The van der Waals surface area contributed by atoms with E-state index in [9.17, 15) is 9.59 Å². The Kier molecular flexibility index (Phi) is 2.45. The van der Waals surface area contributed by atoms with Crippen molar-refractivity contribution in [2.75, 3.05) is 0 Å². The van der Waals surface area contributed by atoms with E-state index >= 15 is 0 Å². The quantitative estimate of drug-likeness (QED) is 0.580. The monoisotopic (exact) mass is 254 g/mol. The number of rotatable bonds is 1. The number of carbonyl (C=O) groups excluding carboxylic acids is 2. The Balaban J connectivity index is 2.21. The number of hydrogen-bond donors (Lipinski definition) is 0. The van der Waals surface area contributed by atoms with E-state index in [-0.39, 0.29) is 0 Å². The molecular weight excluding hydrogens is 240 g/mol. The Hall–Kier alpha value is -2.16. The zero-order valence-electron chi connectivity index (χ0n) is 10.8. The maximum absolute atomic E-state index is 11.9. The van der Waals surface area contributed by atoms with Crippen LogP contribution in [0, 0.1) is 5.41 Å². The van der Waals surface area contributed by atoms with Crippen molar-refractivity contribution in [1.82, 2.24) is 0 Å². The van der Waals surface area contributed by atoms with Crippen LogP contribution in [0.3, 0.4) is 0 Å². The van der Waals surface area contributed by atoms with E-state index in [0.29, 0.717) is 0 Å². The highest BCUT2D eigenvalue weighted by Gasteiger charge is 2.51. The van der Waals surface area contributed by atoms with Crippen LogP contribution in [-0.4, -0.2) is 11.8 Å². The molecule has 3 nitrogen and oxygen atoms in total. The third kappa shape index (κ3) is 1.65. The summed E-state index contributed by atoms with van der Waals surface area (Å²) in [6.45, 7) is 3.51. The SMILES string of the molecule is CC1(C)C(=O)C(=O)O[C@H]1c1cccc2ccccc12. The van der Waals surface area contributed by atoms with E-state index < -0.39 is 23.3 Å². The van der Waals surface area contributed by atoms with Crippen LogP contribution in [0.5, 0.6) is 0 Å². The number of Topliss-reactive ketones (excluding diaryl/α,β-unsaturated/α-hetero) is 1. The van der Waals surface area contributed by atoms with Gasteiger partial charge in [-0.2, -0.15) is 0 Å². The lowest BCUT2D eigenvalue weighted by Gasteiger charge is -2.23. The van der Waals surface area contributed by atoms with Gasteiger partial charge >= 0.3 is 5.97 Å². The number of ketones is 1. The third-order valence-electron chi connectivity index (χ3n) is 3.76. The van der Waals surface area contributed by atoms with Crippen LogP contribution in [0.1, 0.15) is 25.5 Å². The Morgan fingerprint density at radius 1 is 1.00 bits per heavy atom. The summed E-state index contributed by atoms with van der Waals surface area (Å²) < 4.78 is 5.29. The van der Waals surface area contributed by atoms with Gasteiger partial charge in [0, 0.05) is 5.56 Å². The molecule has 0 unspecified atom stereocenters. The van der Waals surface area contributed by atoms with Gasteiger partial charge in [-0.05, 0) is 24.6 Å². The molecule has 1 aliphatic heterocycles. The first-order valence-corrected chi connectivity index (χ1v) is 6.25. The highest BCUT2D eigenvalue weighted by atomic mass is 16.6. The lowest BCUT2D eigenvalue weighted by molar-refractivity contribution is -0.149. The third-order valence-corrected chi connectivity index (χ3v) is 3.76. The molecule has 2 aromatic carbocycles. The van der Waals surface area contributed by atoms with Crippen LogP contribution < -0.4 is 0 Å². The van der Waals surface area contributed by atoms with E-state index in [1.807, 2.05) is 42.5 Å². The normalized spacial score (nSPS) is 21.7. The first-order valence-electron chi connectivity index (χ1n) is 6.25. The number of fused-ring (bicyclic) bond motifs is 1. The van der Waals surface area contributed by atoms with Crippen LogP contribution >= 0.6 is 0 Å². The maximum atomic E-state index is 11.9. The molecule has 0 aromatic heterocycles. The van der Waals surface area contributed by atoms with Crippen LogP contribution in [0.4, 0.5) is 0 Å². The summed E-state index contributed by atoms with van der Waals surface area (Å²) in [6, 6.07) is 13.7. The molecule has 96 valence electrons. The lowest BCUT2D eigenvalue weighted by atomic mass is 9.80. The average Bonchev–Trinajstić information content (AvgIpc) is 2.61. The lowest BCUT2D eigenvalue weighted by Crippen LogP contribution is -2.25. The Bertz CT molecular complexity index is 680. The highest BCUT2D eigenvalue weighted by Crippen LogP contribution is 2.44. The second-order valence-corrected chi connectivity index (χ2v) is 5.40. The molecule has 1 atom stereocenters. The van der Waals surface area contributed by atoms with Gasteiger partial charge in [-0.1, -0.05) is 42.5 Å². The molecule has 1 fully saturated rings. The molecule has 1 saturated heterocycles. The summed E-state index contributed by atoms with van der Waals surface area (Å²) >= 11 is 0. The molecule has 1 aliphatic rings. The van der Waals surface area contributed by atoms with Crippen LogP contribution in [0.2, 0.25) is 0 Å². The maximum Gasteiger partial charge on any atom is 0.375 e. The minimum Gasteiger partial charge on any atom is -0.451 e. The van der Waals surface area contributed by atoms with Crippen molar-refractivity contribution in [1.29, 1.82) is 0 Å². The first-order chi connectivity index (χ1) is 9.01. The van der Waals surface area contributed by atoms with Crippen molar-refractivity contribution in [2.24, 2.45) is 5.41 Å². The van der Waals surface area contributed by atoms with E-state index in [1.54, 1.807) is 13.8 Å². The Morgan fingerprint density at radius 3 is 2.37 bits per heavy atom. The fourth-order valence-corrected chi connectivity index (χ4v) is 2.62. The molecule has 0 radical (unpaired) electrons. The van der Waals surface area contributed by atoms with Gasteiger partial charge in [0.2, 0.25) is 5.78 Å². The smallest absolute Gasteiger partial charge is 0.375 e. The number of esters is 1. The highest BCUT2D eigenvalue weighted by molar-refractivity contribution is 6.37. The van der Waals surface area contributed by atoms with Crippen LogP contribution in [-0.2, 0) is 14.3 Å². The summed E-state index contributed by atoms with van der Waals surface area (Å²) in [7, 11) is 0. The van der Waals surface area contributed by atoms with Crippen molar-refractivity contribution in [3.63, 3.8) is 0 Å². The summed E-state index contributed by atoms with van der Waals surface area (Å²) in [5.41, 5.74) is 0.0728. The minimum absolute atomic E-state index is 0.453. The second-order valence-electron chi connectivity index (χ2n) is 5.40. The molecule has 19 heavy (non-hydrogen) atoms. The summed E-state index contributed by atoms with van der Waals surface area (Å²) in [6.07, 6.45) is -0.515. The molecular formula is C16H14O3. The Morgan fingerprint density at radius 2 is 1.68 bits per heavy atom. The number of carbonyl (C=O) groups is 2. The van der Waals surface area contributed by atoms with E-state index in [4.69, 9.17) is 4.74 Å². The predicted octanol–water partition coefficient (Wildman–Crippen LogP) is 3.03. The predicted molar refractivity (Wildman–Crippen MR) is 71.6 cm³/mol. The molecule has 0 spiro atoms. The van der Waals surface area contributed by atoms with Gasteiger partial charge in [0.05, 0.1) is 5.41 Å². The molecule has 0 amide bonds. The van der Waals surface area contributed by atoms with Crippen molar-refractivity contribution < 1.29 is 14.3 Å². The number of ether oxygens (including phenoxy) is 1. The molecule has 1 heterocycles. The fraction of sp³-hybridized carbons (Fsp3) is 0.250. The number of cyclic esters (lactones) is 1. The first kappa shape index (κ1) is 11.9. The van der Waals surface area contributed by atoms with E-state index in [2.05, 4.69) is 0 Å². The molecule has 0 bridgehead atoms. The molecule has 0 saturated carbocycles. The van der Waals surface area contributed by atoms with Gasteiger partial charge in [-0.15, -0.1) is 0 Å². The second kappa shape index (κ2) is 3.92. The van der Waals surface area contributed by atoms with Crippen LogP contribution in [0.15, 0.2) is 42.5 Å². The van der Waals surface area contributed by atoms with Crippen molar-refractivity contribution in [2.45, 2.75) is 20.0 Å². The zero-order chi connectivity index (χ0) is 13.6. The summed E-state index contributed by atoms with van der Waals surface area (Å²) in [5.74, 6) is -1.19. The van der Waals surface area contributed by atoms with Crippen molar-refractivity contribution in [3.05, 3.63) is 48.0 Å².